The SMILES string of the molecule is Cc1c(F)cccc1S(=O)(=O)N1CCO[C@@H](c2cnn(C)c2)C1. The summed E-state index contributed by atoms with van der Waals surface area (Å²) in [7, 11) is -1.97. The van der Waals surface area contributed by atoms with Crippen molar-refractivity contribution >= 4 is 10.0 Å². The molecule has 0 spiro atoms. The maximum atomic E-state index is 13.7. The van der Waals surface area contributed by atoms with Gasteiger partial charge in [0, 0.05) is 37.5 Å². The molecule has 1 atom stereocenters. The summed E-state index contributed by atoms with van der Waals surface area (Å²) in [5, 5.41) is 4.08. The van der Waals surface area contributed by atoms with Gasteiger partial charge in [0.1, 0.15) is 5.82 Å². The second-order valence-electron chi connectivity index (χ2n) is 5.53. The topological polar surface area (TPSA) is 64.4 Å². The standard InChI is InChI=1S/C15H18FN3O3S/c1-11-13(16)4-3-5-15(11)23(20,21)19-6-7-22-14(10-19)12-8-17-18(2)9-12/h3-5,8-9,14H,6-7,10H2,1-2H3/t14-/m1/s1. The van der Waals surface area contributed by atoms with Crippen molar-refractivity contribution in [2.75, 3.05) is 19.7 Å². The van der Waals surface area contributed by atoms with Gasteiger partial charge in [-0.25, -0.2) is 12.8 Å². The van der Waals surface area contributed by atoms with Crippen molar-refractivity contribution in [3.8, 4) is 0 Å². The van der Waals surface area contributed by atoms with Gasteiger partial charge in [-0.15, -0.1) is 0 Å². The average molecular weight is 339 g/mol. The van der Waals surface area contributed by atoms with Crippen LogP contribution in [0.3, 0.4) is 0 Å². The Morgan fingerprint density at radius 2 is 2.17 bits per heavy atom. The number of sulfonamides is 1. The molecule has 6 nitrogen and oxygen atoms in total. The van der Waals surface area contributed by atoms with Crippen LogP contribution >= 0.6 is 0 Å². The molecule has 0 unspecified atom stereocenters. The Morgan fingerprint density at radius 1 is 1.39 bits per heavy atom. The summed E-state index contributed by atoms with van der Waals surface area (Å²) in [6.45, 7) is 2.19. The summed E-state index contributed by atoms with van der Waals surface area (Å²) < 4.78 is 48.0. The molecule has 1 aliphatic heterocycles. The van der Waals surface area contributed by atoms with E-state index < -0.39 is 15.8 Å². The molecule has 0 amide bonds. The van der Waals surface area contributed by atoms with E-state index in [0.717, 1.165) is 5.56 Å². The molecule has 2 heterocycles. The molecule has 3 rings (SSSR count). The minimum atomic E-state index is -3.76. The maximum absolute atomic E-state index is 13.7. The fraction of sp³-hybridized carbons (Fsp3) is 0.400. The van der Waals surface area contributed by atoms with Gasteiger partial charge in [0.2, 0.25) is 10.0 Å². The van der Waals surface area contributed by atoms with E-state index in [4.69, 9.17) is 4.74 Å². The van der Waals surface area contributed by atoms with E-state index in [1.54, 1.807) is 24.1 Å². The first-order chi connectivity index (χ1) is 10.9. The molecule has 8 heteroatoms. The van der Waals surface area contributed by atoms with Gasteiger partial charge in [-0.05, 0) is 19.1 Å². The Labute approximate surface area is 134 Å². The average Bonchev–Trinajstić information content (AvgIpc) is 2.96. The number of aromatic nitrogens is 2. The van der Waals surface area contributed by atoms with Crippen molar-refractivity contribution in [2.45, 2.75) is 17.9 Å². The van der Waals surface area contributed by atoms with Crippen LogP contribution in [-0.2, 0) is 21.8 Å². The van der Waals surface area contributed by atoms with Gasteiger partial charge >= 0.3 is 0 Å². The van der Waals surface area contributed by atoms with Crippen LogP contribution in [-0.4, -0.2) is 42.2 Å². The summed E-state index contributed by atoms with van der Waals surface area (Å²) in [6.07, 6.45) is 3.09. The van der Waals surface area contributed by atoms with Gasteiger partial charge in [-0.1, -0.05) is 6.07 Å². The van der Waals surface area contributed by atoms with Crippen LogP contribution < -0.4 is 0 Å². The molecule has 0 N–H and O–H groups in total. The smallest absolute Gasteiger partial charge is 0.243 e. The second-order valence-corrected chi connectivity index (χ2v) is 7.44. The summed E-state index contributed by atoms with van der Waals surface area (Å²) in [4.78, 5) is 0.00402. The number of nitrogens with zero attached hydrogens (tertiary/aromatic N) is 3. The third kappa shape index (κ3) is 3.01. The third-order valence-electron chi connectivity index (χ3n) is 3.96. The molecule has 0 radical (unpaired) electrons. The number of rotatable bonds is 3. The minimum Gasteiger partial charge on any atom is -0.371 e. The molecule has 1 aliphatic rings. The Bertz CT molecular complexity index is 819. The first-order valence-electron chi connectivity index (χ1n) is 7.25. The lowest BCUT2D eigenvalue weighted by molar-refractivity contribution is -0.00260. The Balaban J connectivity index is 1.89. The molecule has 124 valence electrons. The number of hydrogen-bond donors (Lipinski definition) is 0. The molecular formula is C15H18FN3O3S. The molecule has 1 aromatic carbocycles. The molecule has 0 aliphatic carbocycles. The van der Waals surface area contributed by atoms with Gasteiger partial charge in [0.25, 0.3) is 0 Å². The molecule has 2 aromatic rings. The number of ether oxygens (including phenoxy) is 1. The number of benzene rings is 1. The molecule has 0 bridgehead atoms. The van der Waals surface area contributed by atoms with Crippen molar-refractivity contribution in [1.82, 2.24) is 14.1 Å². The predicted octanol–water partition coefficient (Wildman–Crippen LogP) is 1.63. The van der Waals surface area contributed by atoms with E-state index >= 15 is 0 Å². The second kappa shape index (κ2) is 6.03. The number of hydrogen-bond acceptors (Lipinski definition) is 4. The Hall–Kier alpha value is -1.77. The monoisotopic (exact) mass is 339 g/mol. The first kappa shape index (κ1) is 16.1. The van der Waals surface area contributed by atoms with E-state index in [0.29, 0.717) is 0 Å². The predicted molar refractivity (Wildman–Crippen MR) is 81.8 cm³/mol. The highest BCUT2D eigenvalue weighted by Gasteiger charge is 2.33. The van der Waals surface area contributed by atoms with Crippen LogP contribution in [0.4, 0.5) is 4.39 Å². The van der Waals surface area contributed by atoms with Gasteiger partial charge in [-0.2, -0.15) is 9.40 Å². The van der Waals surface area contributed by atoms with Crippen molar-refractivity contribution < 1.29 is 17.5 Å². The van der Waals surface area contributed by atoms with Crippen LogP contribution in [0.15, 0.2) is 35.5 Å². The zero-order valence-electron chi connectivity index (χ0n) is 12.9. The third-order valence-corrected chi connectivity index (χ3v) is 5.97. The van der Waals surface area contributed by atoms with E-state index in [-0.39, 0.29) is 36.3 Å². The van der Waals surface area contributed by atoms with Crippen LogP contribution in [0.2, 0.25) is 0 Å². The maximum Gasteiger partial charge on any atom is 0.243 e. The highest BCUT2D eigenvalue weighted by molar-refractivity contribution is 7.89. The Kier molecular flexibility index (Phi) is 4.22. The van der Waals surface area contributed by atoms with Crippen LogP contribution in [0.25, 0.3) is 0 Å². The van der Waals surface area contributed by atoms with Crippen LogP contribution in [0, 0.1) is 12.7 Å². The largest absolute Gasteiger partial charge is 0.371 e. The number of morpholine rings is 1. The summed E-state index contributed by atoms with van der Waals surface area (Å²) in [6, 6.07) is 4.10. The van der Waals surface area contributed by atoms with Crippen molar-refractivity contribution in [3.63, 3.8) is 0 Å². The molecule has 1 fully saturated rings. The normalized spacial score (nSPS) is 19.9. The zero-order chi connectivity index (χ0) is 16.6. The molecular weight excluding hydrogens is 321 g/mol. The van der Waals surface area contributed by atoms with E-state index in [1.165, 1.54) is 29.4 Å². The summed E-state index contributed by atoms with van der Waals surface area (Å²) in [5.74, 6) is -0.525. The van der Waals surface area contributed by atoms with Crippen molar-refractivity contribution in [2.24, 2.45) is 7.05 Å². The lowest BCUT2D eigenvalue weighted by atomic mass is 10.2. The summed E-state index contributed by atoms with van der Waals surface area (Å²) in [5.41, 5.74) is 0.959. The van der Waals surface area contributed by atoms with E-state index in [2.05, 4.69) is 5.10 Å². The van der Waals surface area contributed by atoms with Gasteiger partial charge in [0.05, 0.1) is 23.8 Å². The molecule has 0 saturated carbocycles. The lowest BCUT2D eigenvalue weighted by Gasteiger charge is -2.32. The zero-order valence-corrected chi connectivity index (χ0v) is 13.8. The molecule has 1 saturated heterocycles. The molecule has 1 aromatic heterocycles. The van der Waals surface area contributed by atoms with E-state index in [9.17, 15) is 12.8 Å². The quantitative estimate of drug-likeness (QED) is 0.853. The molecule has 23 heavy (non-hydrogen) atoms. The van der Waals surface area contributed by atoms with Crippen molar-refractivity contribution in [3.05, 3.63) is 47.5 Å². The van der Waals surface area contributed by atoms with Crippen LogP contribution in [0.5, 0.6) is 0 Å². The van der Waals surface area contributed by atoms with Crippen molar-refractivity contribution in [1.29, 1.82) is 0 Å². The highest BCUT2D eigenvalue weighted by atomic mass is 32.2. The van der Waals surface area contributed by atoms with Gasteiger partial charge < -0.3 is 4.74 Å². The lowest BCUT2D eigenvalue weighted by Crippen LogP contribution is -2.42. The number of halogens is 1. The fourth-order valence-electron chi connectivity index (χ4n) is 2.66. The van der Waals surface area contributed by atoms with Gasteiger partial charge in [0.15, 0.2) is 0 Å². The first-order valence-corrected chi connectivity index (χ1v) is 8.69. The Morgan fingerprint density at radius 3 is 2.87 bits per heavy atom. The van der Waals surface area contributed by atoms with Crippen LogP contribution in [0.1, 0.15) is 17.2 Å². The highest BCUT2D eigenvalue weighted by Crippen LogP contribution is 2.28. The summed E-state index contributed by atoms with van der Waals surface area (Å²) >= 11 is 0. The van der Waals surface area contributed by atoms with E-state index in [1.807, 2.05) is 0 Å². The minimum absolute atomic E-state index is 0.00402. The fourth-order valence-corrected chi connectivity index (χ4v) is 4.32. The number of aryl methyl sites for hydroxylation is 1. The van der Waals surface area contributed by atoms with Gasteiger partial charge in [-0.3, -0.25) is 4.68 Å².